The van der Waals surface area contributed by atoms with Gasteiger partial charge in [-0.3, -0.25) is 4.98 Å². The second-order valence-corrected chi connectivity index (χ2v) is 8.14. The van der Waals surface area contributed by atoms with Gasteiger partial charge in [-0.25, -0.2) is 13.4 Å². The molecule has 25 heavy (non-hydrogen) atoms. The molecule has 0 unspecified atom stereocenters. The molecule has 0 spiro atoms. The number of sulfonamides is 1. The molecule has 0 aliphatic carbocycles. The Morgan fingerprint density at radius 1 is 1.04 bits per heavy atom. The van der Waals surface area contributed by atoms with E-state index >= 15 is 0 Å². The maximum atomic E-state index is 12.8. The van der Waals surface area contributed by atoms with Crippen molar-refractivity contribution in [2.24, 2.45) is 0 Å². The van der Waals surface area contributed by atoms with Crippen molar-refractivity contribution in [3.63, 3.8) is 0 Å². The summed E-state index contributed by atoms with van der Waals surface area (Å²) in [7, 11) is -3.43. The van der Waals surface area contributed by atoms with E-state index < -0.39 is 10.0 Å². The molecular formula is C18H24N4O2S. The molecule has 0 saturated carbocycles. The molecule has 134 valence electrons. The molecule has 1 aliphatic heterocycles. The van der Waals surface area contributed by atoms with Gasteiger partial charge in [-0.2, -0.15) is 4.31 Å². The summed E-state index contributed by atoms with van der Waals surface area (Å²) in [4.78, 5) is 10.8. The van der Waals surface area contributed by atoms with Gasteiger partial charge in [-0.1, -0.05) is 25.5 Å². The first-order valence-corrected chi connectivity index (χ1v) is 10.2. The fraction of sp³-hybridized carbons (Fsp3) is 0.444. The number of piperazine rings is 1. The number of benzene rings is 1. The van der Waals surface area contributed by atoms with Crippen LogP contribution in [0.15, 0.2) is 47.8 Å². The SMILES string of the molecule is CCCCc1ccc(S(=O)(=O)N2CCN(c3cnccn3)CC2)cc1. The number of aromatic nitrogens is 2. The zero-order valence-electron chi connectivity index (χ0n) is 14.5. The average Bonchev–Trinajstić information content (AvgIpc) is 2.67. The Morgan fingerprint density at radius 2 is 1.76 bits per heavy atom. The Balaban J connectivity index is 1.65. The summed E-state index contributed by atoms with van der Waals surface area (Å²) in [5.74, 6) is 0.792. The van der Waals surface area contributed by atoms with Crippen molar-refractivity contribution in [3.8, 4) is 0 Å². The van der Waals surface area contributed by atoms with Gasteiger partial charge in [-0.15, -0.1) is 0 Å². The lowest BCUT2D eigenvalue weighted by Crippen LogP contribution is -2.48. The fourth-order valence-electron chi connectivity index (χ4n) is 2.97. The summed E-state index contributed by atoms with van der Waals surface area (Å²) in [5, 5.41) is 0. The standard InChI is InChI=1S/C18H24N4O2S/c1-2-3-4-16-5-7-17(8-6-16)25(23,24)22-13-11-21(12-14-22)18-15-19-9-10-20-18/h5-10,15H,2-4,11-14H2,1H3. The summed E-state index contributed by atoms with van der Waals surface area (Å²) in [5.41, 5.74) is 1.19. The van der Waals surface area contributed by atoms with Crippen LogP contribution in [0.4, 0.5) is 5.82 Å². The van der Waals surface area contributed by atoms with Gasteiger partial charge in [-0.05, 0) is 30.5 Å². The molecule has 2 heterocycles. The van der Waals surface area contributed by atoms with Gasteiger partial charge in [0.1, 0.15) is 5.82 Å². The highest BCUT2D eigenvalue weighted by molar-refractivity contribution is 7.89. The van der Waals surface area contributed by atoms with Crippen LogP contribution >= 0.6 is 0 Å². The number of rotatable bonds is 6. The summed E-state index contributed by atoms with van der Waals surface area (Å²) in [6.07, 6.45) is 8.24. The molecular weight excluding hydrogens is 336 g/mol. The van der Waals surface area contributed by atoms with Crippen LogP contribution in [0.5, 0.6) is 0 Å². The first-order valence-electron chi connectivity index (χ1n) is 8.71. The number of hydrogen-bond acceptors (Lipinski definition) is 5. The zero-order valence-corrected chi connectivity index (χ0v) is 15.3. The second kappa shape index (κ2) is 7.93. The molecule has 1 saturated heterocycles. The lowest BCUT2D eigenvalue weighted by Gasteiger charge is -2.34. The van der Waals surface area contributed by atoms with Crippen LogP contribution in [-0.2, 0) is 16.4 Å². The molecule has 1 aromatic heterocycles. The third kappa shape index (κ3) is 4.16. The van der Waals surface area contributed by atoms with Crippen LogP contribution in [0.2, 0.25) is 0 Å². The van der Waals surface area contributed by atoms with E-state index in [1.807, 2.05) is 12.1 Å². The van der Waals surface area contributed by atoms with Crippen molar-refractivity contribution >= 4 is 15.8 Å². The molecule has 2 aromatic rings. The molecule has 0 bridgehead atoms. The Labute approximate surface area is 149 Å². The average molecular weight is 360 g/mol. The lowest BCUT2D eigenvalue weighted by molar-refractivity contribution is 0.383. The largest absolute Gasteiger partial charge is 0.353 e. The maximum absolute atomic E-state index is 12.8. The van der Waals surface area contributed by atoms with Crippen LogP contribution in [0.25, 0.3) is 0 Å². The van der Waals surface area contributed by atoms with E-state index in [0.29, 0.717) is 31.1 Å². The molecule has 0 amide bonds. The van der Waals surface area contributed by atoms with Crippen molar-refractivity contribution in [3.05, 3.63) is 48.4 Å². The van der Waals surface area contributed by atoms with Gasteiger partial charge in [0, 0.05) is 38.6 Å². The molecule has 7 heteroatoms. The van der Waals surface area contributed by atoms with Crippen molar-refractivity contribution in [2.75, 3.05) is 31.1 Å². The van der Waals surface area contributed by atoms with Crippen LogP contribution in [0.1, 0.15) is 25.3 Å². The predicted molar refractivity (Wildman–Crippen MR) is 98.1 cm³/mol. The van der Waals surface area contributed by atoms with E-state index in [4.69, 9.17) is 0 Å². The summed E-state index contributed by atoms with van der Waals surface area (Å²) >= 11 is 0. The Bertz CT molecular complexity index is 770. The highest BCUT2D eigenvalue weighted by Gasteiger charge is 2.28. The topological polar surface area (TPSA) is 66.4 Å². The summed E-state index contributed by atoms with van der Waals surface area (Å²) in [6, 6.07) is 7.32. The lowest BCUT2D eigenvalue weighted by atomic mass is 10.1. The van der Waals surface area contributed by atoms with Crippen molar-refractivity contribution in [2.45, 2.75) is 31.1 Å². The molecule has 1 aliphatic rings. The van der Waals surface area contributed by atoms with Gasteiger partial charge in [0.2, 0.25) is 10.0 Å². The van der Waals surface area contributed by atoms with E-state index in [-0.39, 0.29) is 0 Å². The van der Waals surface area contributed by atoms with E-state index in [1.54, 1.807) is 35.0 Å². The van der Waals surface area contributed by atoms with Gasteiger partial charge >= 0.3 is 0 Å². The van der Waals surface area contributed by atoms with Crippen LogP contribution in [0.3, 0.4) is 0 Å². The second-order valence-electron chi connectivity index (χ2n) is 6.20. The van der Waals surface area contributed by atoms with E-state index in [2.05, 4.69) is 21.8 Å². The highest BCUT2D eigenvalue weighted by atomic mass is 32.2. The highest BCUT2D eigenvalue weighted by Crippen LogP contribution is 2.20. The van der Waals surface area contributed by atoms with Gasteiger partial charge < -0.3 is 4.90 Å². The maximum Gasteiger partial charge on any atom is 0.243 e. The first-order chi connectivity index (χ1) is 12.1. The van der Waals surface area contributed by atoms with Crippen molar-refractivity contribution < 1.29 is 8.42 Å². The van der Waals surface area contributed by atoms with E-state index in [9.17, 15) is 8.42 Å². The summed E-state index contributed by atoms with van der Waals surface area (Å²) in [6.45, 7) is 4.30. The minimum absolute atomic E-state index is 0.376. The molecule has 1 fully saturated rings. The molecule has 0 radical (unpaired) electrons. The molecule has 0 N–H and O–H groups in total. The van der Waals surface area contributed by atoms with Gasteiger partial charge in [0.15, 0.2) is 0 Å². The molecule has 3 rings (SSSR count). The molecule has 1 aromatic carbocycles. The van der Waals surface area contributed by atoms with E-state index in [0.717, 1.165) is 25.1 Å². The van der Waals surface area contributed by atoms with Crippen LogP contribution in [0, 0.1) is 0 Å². The number of hydrogen-bond donors (Lipinski definition) is 0. The third-order valence-corrected chi connectivity index (χ3v) is 6.41. The quantitative estimate of drug-likeness (QED) is 0.791. The number of nitrogens with zero attached hydrogens (tertiary/aromatic N) is 4. The fourth-order valence-corrected chi connectivity index (χ4v) is 4.39. The van der Waals surface area contributed by atoms with Crippen LogP contribution < -0.4 is 4.90 Å². The number of anilines is 1. The van der Waals surface area contributed by atoms with E-state index in [1.165, 1.54) is 5.56 Å². The van der Waals surface area contributed by atoms with Gasteiger partial charge in [0.05, 0.1) is 11.1 Å². The molecule has 6 nitrogen and oxygen atoms in total. The van der Waals surface area contributed by atoms with Crippen LogP contribution in [-0.4, -0.2) is 48.9 Å². The number of aryl methyl sites for hydroxylation is 1. The smallest absolute Gasteiger partial charge is 0.243 e. The Morgan fingerprint density at radius 3 is 2.36 bits per heavy atom. The Hall–Kier alpha value is -1.99. The Kier molecular flexibility index (Phi) is 5.65. The third-order valence-electron chi connectivity index (χ3n) is 4.49. The normalized spacial score (nSPS) is 16.1. The van der Waals surface area contributed by atoms with Crippen molar-refractivity contribution in [1.29, 1.82) is 0 Å². The van der Waals surface area contributed by atoms with Crippen molar-refractivity contribution in [1.82, 2.24) is 14.3 Å². The monoisotopic (exact) mass is 360 g/mol. The zero-order chi connectivity index (χ0) is 17.7. The summed E-state index contributed by atoms with van der Waals surface area (Å²) < 4.78 is 27.2. The predicted octanol–water partition coefficient (Wildman–Crippen LogP) is 2.33. The number of unbranched alkanes of at least 4 members (excludes halogenated alkanes) is 1. The minimum Gasteiger partial charge on any atom is -0.353 e. The first kappa shape index (κ1) is 17.8. The minimum atomic E-state index is -3.43. The van der Waals surface area contributed by atoms with Gasteiger partial charge in [0.25, 0.3) is 0 Å². The molecule has 0 atom stereocenters.